The first-order valence-corrected chi connectivity index (χ1v) is 6.00. The van der Waals surface area contributed by atoms with Crippen LogP contribution in [0.3, 0.4) is 0 Å². The van der Waals surface area contributed by atoms with Crippen LogP contribution in [0.4, 0.5) is 11.8 Å². The number of anilines is 2. The summed E-state index contributed by atoms with van der Waals surface area (Å²) in [4.78, 5) is 12.5. The van der Waals surface area contributed by atoms with Gasteiger partial charge in [0.25, 0.3) is 0 Å². The third-order valence-corrected chi connectivity index (χ3v) is 2.67. The summed E-state index contributed by atoms with van der Waals surface area (Å²) in [7, 11) is 0. The number of fused-ring (bicyclic) bond motifs is 1. The molecule has 0 radical (unpaired) electrons. The van der Waals surface area contributed by atoms with Gasteiger partial charge in [-0.25, -0.2) is 4.98 Å². The summed E-state index contributed by atoms with van der Waals surface area (Å²) in [6, 6.07) is 3.59. The molecular formula is C12H17N5O. The van der Waals surface area contributed by atoms with Crippen LogP contribution < -0.4 is 11.1 Å². The van der Waals surface area contributed by atoms with Gasteiger partial charge in [0.15, 0.2) is 5.82 Å². The van der Waals surface area contributed by atoms with Crippen molar-refractivity contribution in [3.63, 3.8) is 0 Å². The molecule has 4 N–H and O–H groups in total. The summed E-state index contributed by atoms with van der Waals surface area (Å²) in [6.45, 7) is 2.11. The van der Waals surface area contributed by atoms with Crippen LogP contribution in [0.15, 0.2) is 18.3 Å². The highest BCUT2D eigenvalue weighted by Gasteiger charge is 2.11. The van der Waals surface area contributed by atoms with Crippen LogP contribution in [0.1, 0.15) is 19.8 Å². The highest BCUT2D eigenvalue weighted by molar-refractivity contribution is 5.85. The predicted octanol–water partition coefficient (Wildman–Crippen LogP) is 1.18. The Morgan fingerprint density at radius 1 is 1.44 bits per heavy atom. The van der Waals surface area contributed by atoms with Gasteiger partial charge in [-0.15, -0.1) is 0 Å². The average molecular weight is 247 g/mol. The van der Waals surface area contributed by atoms with E-state index < -0.39 is 0 Å². The number of aliphatic hydroxyl groups is 1. The van der Waals surface area contributed by atoms with E-state index in [1.165, 1.54) is 0 Å². The standard InChI is InChI=1S/C12H17N5O/c1-2-4-8(7-18)15-11-10-9(5-3-6-14-10)16-12(13)17-11/h3,5-6,8,18H,2,4,7H2,1H3,(H3,13,15,16,17)/t8-/m1/s1. The van der Waals surface area contributed by atoms with Crippen molar-refractivity contribution < 1.29 is 5.11 Å². The molecule has 2 rings (SSSR count). The lowest BCUT2D eigenvalue weighted by molar-refractivity contribution is 0.268. The minimum atomic E-state index is -0.0468. The van der Waals surface area contributed by atoms with E-state index in [0.29, 0.717) is 16.9 Å². The van der Waals surface area contributed by atoms with Gasteiger partial charge in [-0.05, 0) is 18.6 Å². The number of aliphatic hydroxyl groups excluding tert-OH is 1. The highest BCUT2D eigenvalue weighted by Crippen LogP contribution is 2.19. The van der Waals surface area contributed by atoms with E-state index in [2.05, 4.69) is 27.2 Å². The fraction of sp³-hybridized carbons (Fsp3) is 0.417. The Bertz CT molecular complexity index is 531. The van der Waals surface area contributed by atoms with Crippen LogP contribution in [0.5, 0.6) is 0 Å². The smallest absolute Gasteiger partial charge is 0.222 e. The van der Waals surface area contributed by atoms with Gasteiger partial charge in [-0.3, -0.25) is 4.98 Å². The fourth-order valence-electron chi connectivity index (χ4n) is 1.84. The molecule has 0 bridgehead atoms. The number of nitrogen functional groups attached to an aromatic ring is 1. The number of aromatic nitrogens is 3. The largest absolute Gasteiger partial charge is 0.394 e. The van der Waals surface area contributed by atoms with E-state index in [4.69, 9.17) is 5.73 Å². The minimum Gasteiger partial charge on any atom is -0.394 e. The minimum absolute atomic E-state index is 0.0468. The number of nitrogens with one attached hydrogen (secondary N) is 1. The van der Waals surface area contributed by atoms with Crippen molar-refractivity contribution in [2.45, 2.75) is 25.8 Å². The quantitative estimate of drug-likeness (QED) is 0.734. The van der Waals surface area contributed by atoms with Crippen molar-refractivity contribution in [2.75, 3.05) is 17.7 Å². The fourth-order valence-corrected chi connectivity index (χ4v) is 1.84. The molecule has 1 atom stereocenters. The maximum Gasteiger partial charge on any atom is 0.222 e. The molecule has 2 aromatic rings. The third kappa shape index (κ3) is 2.65. The zero-order chi connectivity index (χ0) is 13.0. The first kappa shape index (κ1) is 12.5. The predicted molar refractivity (Wildman–Crippen MR) is 71.1 cm³/mol. The Morgan fingerprint density at radius 2 is 2.28 bits per heavy atom. The second kappa shape index (κ2) is 5.59. The number of hydrogen-bond acceptors (Lipinski definition) is 6. The van der Waals surface area contributed by atoms with E-state index in [-0.39, 0.29) is 18.6 Å². The first-order chi connectivity index (χ1) is 8.74. The van der Waals surface area contributed by atoms with Gasteiger partial charge in [0, 0.05) is 6.20 Å². The zero-order valence-corrected chi connectivity index (χ0v) is 10.3. The van der Waals surface area contributed by atoms with Crippen molar-refractivity contribution in [3.8, 4) is 0 Å². The van der Waals surface area contributed by atoms with Crippen LogP contribution in [-0.4, -0.2) is 32.7 Å². The SMILES string of the molecule is CCC[C@H](CO)Nc1nc(N)nc2cccnc12. The number of rotatable bonds is 5. The Hall–Kier alpha value is -1.95. The van der Waals surface area contributed by atoms with E-state index in [0.717, 1.165) is 12.8 Å². The molecule has 18 heavy (non-hydrogen) atoms. The number of nitrogens with two attached hydrogens (primary N) is 1. The summed E-state index contributed by atoms with van der Waals surface area (Å²) in [5.41, 5.74) is 7.03. The van der Waals surface area contributed by atoms with Gasteiger partial charge < -0.3 is 16.2 Å². The van der Waals surface area contributed by atoms with Gasteiger partial charge in [-0.1, -0.05) is 13.3 Å². The third-order valence-electron chi connectivity index (χ3n) is 2.67. The van der Waals surface area contributed by atoms with Gasteiger partial charge in [0.1, 0.15) is 5.52 Å². The molecule has 2 aromatic heterocycles. The monoisotopic (exact) mass is 247 g/mol. The Kier molecular flexibility index (Phi) is 3.88. The lowest BCUT2D eigenvalue weighted by atomic mass is 10.2. The van der Waals surface area contributed by atoms with Crippen LogP contribution in [0, 0.1) is 0 Å². The summed E-state index contributed by atoms with van der Waals surface area (Å²) >= 11 is 0. The normalized spacial score (nSPS) is 12.6. The van der Waals surface area contributed by atoms with Crippen molar-refractivity contribution in [2.24, 2.45) is 0 Å². The Labute approximate surface area is 105 Å². The van der Waals surface area contributed by atoms with Crippen molar-refractivity contribution in [1.82, 2.24) is 15.0 Å². The van der Waals surface area contributed by atoms with Gasteiger partial charge in [0.05, 0.1) is 18.2 Å². The molecule has 6 nitrogen and oxygen atoms in total. The highest BCUT2D eigenvalue weighted by atomic mass is 16.3. The summed E-state index contributed by atoms with van der Waals surface area (Å²) in [5, 5.41) is 12.5. The van der Waals surface area contributed by atoms with Crippen LogP contribution in [-0.2, 0) is 0 Å². The molecule has 0 aliphatic heterocycles. The van der Waals surface area contributed by atoms with Crippen molar-refractivity contribution in [3.05, 3.63) is 18.3 Å². The van der Waals surface area contributed by atoms with Gasteiger partial charge in [-0.2, -0.15) is 4.98 Å². The van der Waals surface area contributed by atoms with Gasteiger partial charge >= 0.3 is 0 Å². The molecule has 96 valence electrons. The molecule has 0 aromatic carbocycles. The molecule has 0 aliphatic carbocycles. The molecule has 6 heteroatoms. The maximum absolute atomic E-state index is 9.30. The van der Waals surface area contributed by atoms with E-state index >= 15 is 0 Å². The molecular weight excluding hydrogens is 230 g/mol. The molecule has 0 fully saturated rings. The summed E-state index contributed by atoms with van der Waals surface area (Å²) < 4.78 is 0. The van der Waals surface area contributed by atoms with E-state index in [9.17, 15) is 5.11 Å². The zero-order valence-electron chi connectivity index (χ0n) is 10.3. The second-order valence-electron chi connectivity index (χ2n) is 4.11. The molecule has 0 saturated carbocycles. The van der Waals surface area contributed by atoms with E-state index in [1.54, 1.807) is 12.3 Å². The number of hydrogen-bond donors (Lipinski definition) is 3. The van der Waals surface area contributed by atoms with Gasteiger partial charge in [0.2, 0.25) is 5.95 Å². The van der Waals surface area contributed by atoms with Crippen LogP contribution in [0.2, 0.25) is 0 Å². The summed E-state index contributed by atoms with van der Waals surface area (Å²) in [5.74, 6) is 0.775. The maximum atomic E-state index is 9.30. The molecule has 0 saturated heterocycles. The van der Waals surface area contributed by atoms with Crippen LogP contribution in [0.25, 0.3) is 11.0 Å². The summed E-state index contributed by atoms with van der Waals surface area (Å²) in [6.07, 6.45) is 3.51. The second-order valence-corrected chi connectivity index (χ2v) is 4.11. The lowest BCUT2D eigenvalue weighted by Crippen LogP contribution is -2.24. The van der Waals surface area contributed by atoms with Crippen molar-refractivity contribution in [1.29, 1.82) is 0 Å². The molecule has 0 aliphatic rings. The van der Waals surface area contributed by atoms with Crippen molar-refractivity contribution >= 4 is 22.8 Å². The lowest BCUT2D eigenvalue weighted by Gasteiger charge is -2.16. The number of nitrogens with zero attached hydrogens (tertiary/aromatic N) is 3. The van der Waals surface area contributed by atoms with Crippen LogP contribution >= 0.6 is 0 Å². The molecule has 0 spiro atoms. The average Bonchev–Trinajstić information content (AvgIpc) is 2.38. The topological polar surface area (TPSA) is 97.0 Å². The Morgan fingerprint density at radius 3 is 3.00 bits per heavy atom. The Balaban J connectivity index is 2.37. The molecule has 2 heterocycles. The molecule has 0 amide bonds. The van der Waals surface area contributed by atoms with E-state index in [1.807, 2.05) is 6.07 Å². The first-order valence-electron chi connectivity index (χ1n) is 6.00. The number of pyridine rings is 1. The molecule has 0 unspecified atom stereocenters.